The van der Waals surface area contributed by atoms with Gasteiger partial charge in [-0.2, -0.15) is 5.10 Å². The minimum absolute atomic E-state index is 0.0420. The summed E-state index contributed by atoms with van der Waals surface area (Å²) in [6.07, 6.45) is 3.19. The quantitative estimate of drug-likeness (QED) is 0.403. The lowest BCUT2D eigenvalue weighted by molar-refractivity contribution is 0.0881. The fourth-order valence-electron chi connectivity index (χ4n) is 4.01. The van der Waals surface area contributed by atoms with E-state index >= 15 is 0 Å². The van der Waals surface area contributed by atoms with E-state index in [0.717, 1.165) is 10.8 Å². The van der Waals surface area contributed by atoms with Crippen molar-refractivity contribution >= 4 is 16.7 Å². The Bertz CT molecular complexity index is 1430. The lowest BCUT2D eigenvalue weighted by atomic mass is 10.2. The summed E-state index contributed by atoms with van der Waals surface area (Å²) in [7, 11) is 0. The second-order valence-corrected chi connectivity index (χ2v) is 8.21. The van der Waals surface area contributed by atoms with Crippen molar-refractivity contribution in [2.75, 3.05) is 11.9 Å². The van der Waals surface area contributed by atoms with Gasteiger partial charge in [-0.05, 0) is 12.1 Å². The third kappa shape index (κ3) is 3.92. The van der Waals surface area contributed by atoms with E-state index in [9.17, 15) is 27.5 Å². The van der Waals surface area contributed by atoms with Gasteiger partial charge in [-0.25, -0.2) is 22.5 Å². The van der Waals surface area contributed by atoms with E-state index < -0.39 is 41.7 Å². The van der Waals surface area contributed by atoms with E-state index in [-0.39, 0.29) is 29.9 Å². The van der Waals surface area contributed by atoms with Gasteiger partial charge in [-0.3, -0.25) is 14.0 Å². The maximum atomic E-state index is 14.6. The Morgan fingerprint density at radius 1 is 1.18 bits per heavy atom. The summed E-state index contributed by atoms with van der Waals surface area (Å²) >= 11 is 0. The Labute approximate surface area is 190 Å². The molecule has 3 heterocycles. The Morgan fingerprint density at radius 2 is 1.94 bits per heavy atom. The molecule has 1 aliphatic carbocycles. The standard InChI is InChI=1S/C23H19F4N5O2/c24-16-4-2-1-3-13(16)11-32-19-5-6-31(22(34)14(19)9-29-32)20-7-21(28-10-17(20)25)30-18(12-33)15-8-23(15,26)27/h1-7,9-10,15,18,33H,8,11-12H2,(H,28,30). The van der Waals surface area contributed by atoms with Gasteiger partial charge < -0.3 is 10.4 Å². The molecule has 1 saturated carbocycles. The number of aliphatic hydroxyl groups is 1. The van der Waals surface area contributed by atoms with Gasteiger partial charge in [-0.1, -0.05) is 18.2 Å². The van der Waals surface area contributed by atoms with Crippen molar-refractivity contribution in [3.05, 3.63) is 82.5 Å². The van der Waals surface area contributed by atoms with Gasteiger partial charge in [0.1, 0.15) is 11.6 Å². The van der Waals surface area contributed by atoms with Gasteiger partial charge >= 0.3 is 0 Å². The zero-order valence-corrected chi connectivity index (χ0v) is 17.6. The van der Waals surface area contributed by atoms with Crippen LogP contribution >= 0.6 is 0 Å². The highest BCUT2D eigenvalue weighted by Crippen LogP contribution is 2.51. The highest BCUT2D eigenvalue weighted by molar-refractivity contribution is 5.78. The van der Waals surface area contributed by atoms with E-state index in [1.165, 1.54) is 29.2 Å². The first-order valence-corrected chi connectivity index (χ1v) is 10.5. The SMILES string of the molecule is O=c1c2cnn(Cc3ccccc3F)c2ccn1-c1cc(NC(CO)C2CC2(F)F)ncc1F. The van der Waals surface area contributed by atoms with Crippen molar-refractivity contribution in [3.63, 3.8) is 0 Å². The molecule has 0 radical (unpaired) electrons. The number of hydrogen-bond acceptors (Lipinski definition) is 5. The topological polar surface area (TPSA) is 85.0 Å². The van der Waals surface area contributed by atoms with E-state index in [1.807, 2.05) is 0 Å². The first-order chi connectivity index (χ1) is 16.3. The van der Waals surface area contributed by atoms with Crippen LogP contribution in [0.3, 0.4) is 0 Å². The fourth-order valence-corrected chi connectivity index (χ4v) is 4.01. The molecule has 176 valence electrons. The summed E-state index contributed by atoms with van der Waals surface area (Å²) in [4.78, 5) is 16.9. The van der Waals surface area contributed by atoms with Crippen molar-refractivity contribution < 1.29 is 22.7 Å². The molecule has 0 saturated heterocycles. The van der Waals surface area contributed by atoms with Crippen LogP contribution in [0.15, 0.2) is 59.8 Å². The molecule has 11 heteroatoms. The smallest absolute Gasteiger partial charge is 0.266 e. The molecular formula is C23H19F4N5O2. The normalized spacial score (nSPS) is 17.6. The second kappa shape index (κ2) is 8.24. The number of nitrogens with zero attached hydrogens (tertiary/aromatic N) is 4. The molecule has 34 heavy (non-hydrogen) atoms. The Balaban J connectivity index is 1.47. The van der Waals surface area contributed by atoms with Crippen molar-refractivity contribution in [3.8, 4) is 5.69 Å². The minimum Gasteiger partial charge on any atom is -0.394 e. The van der Waals surface area contributed by atoms with Gasteiger partial charge in [0.25, 0.3) is 11.5 Å². The Kier molecular flexibility index (Phi) is 5.35. The zero-order chi connectivity index (χ0) is 24.0. The first kappa shape index (κ1) is 22.1. The summed E-state index contributed by atoms with van der Waals surface area (Å²) in [6.45, 7) is -0.451. The van der Waals surface area contributed by atoms with Crippen LogP contribution in [-0.4, -0.2) is 43.0 Å². The van der Waals surface area contributed by atoms with Crippen LogP contribution in [-0.2, 0) is 6.54 Å². The third-order valence-electron chi connectivity index (χ3n) is 5.97. The van der Waals surface area contributed by atoms with Crippen LogP contribution in [0.1, 0.15) is 12.0 Å². The largest absolute Gasteiger partial charge is 0.394 e. The van der Waals surface area contributed by atoms with Crippen molar-refractivity contribution in [1.29, 1.82) is 0 Å². The number of aliphatic hydroxyl groups excluding tert-OH is 1. The number of benzene rings is 1. The number of hydrogen-bond donors (Lipinski definition) is 2. The molecule has 5 rings (SSSR count). The van der Waals surface area contributed by atoms with Crippen LogP contribution in [0, 0.1) is 17.6 Å². The number of fused-ring (bicyclic) bond motifs is 1. The number of halogens is 4. The molecule has 1 aliphatic rings. The van der Waals surface area contributed by atoms with Crippen LogP contribution in [0.25, 0.3) is 16.6 Å². The van der Waals surface area contributed by atoms with E-state index in [2.05, 4.69) is 15.4 Å². The second-order valence-electron chi connectivity index (χ2n) is 8.21. The van der Waals surface area contributed by atoms with Crippen LogP contribution in [0.5, 0.6) is 0 Å². The highest BCUT2D eigenvalue weighted by Gasteiger charge is 2.60. The molecule has 1 fully saturated rings. The number of alkyl halides is 2. The molecular weight excluding hydrogens is 454 g/mol. The maximum Gasteiger partial charge on any atom is 0.266 e. The maximum absolute atomic E-state index is 14.6. The molecule has 0 bridgehead atoms. The molecule has 0 amide bonds. The van der Waals surface area contributed by atoms with Gasteiger partial charge in [0.15, 0.2) is 5.82 Å². The Hall–Kier alpha value is -3.73. The molecule has 2 atom stereocenters. The fraction of sp³-hybridized carbons (Fsp3) is 0.261. The van der Waals surface area contributed by atoms with Gasteiger partial charge in [0.2, 0.25) is 0 Å². The van der Waals surface area contributed by atoms with E-state index in [0.29, 0.717) is 11.1 Å². The highest BCUT2D eigenvalue weighted by atomic mass is 19.3. The molecule has 0 aliphatic heterocycles. The van der Waals surface area contributed by atoms with Crippen molar-refractivity contribution in [2.24, 2.45) is 5.92 Å². The molecule has 2 unspecified atom stereocenters. The average Bonchev–Trinajstić information content (AvgIpc) is 3.25. The van der Waals surface area contributed by atoms with E-state index in [1.54, 1.807) is 24.3 Å². The summed E-state index contributed by atoms with van der Waals surface area (Å²) in [5.74, 6) is -5.08. The lowest BCUT2D eigenvalue weighted by Crippen LogP contribution is -2.29. The third-order valence-corrected chi connectivity index (χ3v) is 5.97. The number of rotatable bonds is 7. The molecule has 3 aromatic heterocycles. The number of nitrogens with one attached hydrogen (secondary N) is 1. The minimum atomic E-state index is -2.87. The van der Waals surface area contributed by atoms with Gasteiger partial charge in [-0.15, -0.1) is 0 Å². The van der Waals surface area contributed by atoms with Crippen LogP contribution < -0.4 is 10.9 Å². The van der Waals surface area contributed by atoms with Gasteiger partial charge in [0.05, 0.1) is 54.1 Å². The van der Waals surface area contributed by atoms with Crippen molar-refractivity contribution in [1.82, 2.24) is 19.3 Å². The zero-order valence-electron chi connectivity index (χ0n) is 17.6. The van der Waals surface area contributed by atoms with Crippen molar-refractivity contribution in [2.45, 2.75) is 24.9 Å². The first-order valence-electron chi connectivity index (χ1n) is 10.5. The number of aromatic nitrogens is 4. The molecule has 1 aromatic carbocycles. The average molecular weight is 473 g/mol. The van der Waals surface area contributed by atoms with Gasteiger partial charge in [0, 0.05) is 24.2 Å². The van der Waals surface area contributed by atoms with Crippen LogP contribution in [0.4, 0.5) is 23.4 Å². The summed E-state index contributed by atoms with van der Waals surface area (Å²) in [6, 6.07) is 8.02. The molecule has 4 aromatic rings. The number of anilines is 1. The molecule has 7 nitrogen and oxygen atoms in total. The summed E-state index contributed by atoms with van der Waals surface area (Å²) in [5.41, 5.74) is 0.118. The summed E-state index contributed by atoms with van der Waals surface area (Å²) < 4.78 is 58.0. The lowest BCUT2D eigenvalue weighted by Gasteiger charge is -2.17. The Morgan fingerprint density at radius 3 is 2.65 bits per heavy atom. The monoisotopic (exact) mass is 473 g/mol. The van der Waals surface area contributed by atoms with Crippen LogP contribution in [0.2, 0.25) is 0 Å². The number of pyridine rings is 2. The summed E-state index contributed by atoms with van der Waals surface area (Å²) in [5, 5.41) is 16.5. The predicted molar refractivity (Wildman–Crippen MR) is 116 cm³/mol. The molecule has 0 spiro atoms. The molecule has 2 N–H and O–H groups in total. The van der Waals surface area contributed by atoms with E-state index in [4.69, 9.17) is 0 Å². The predicted octanol–water partition coefficient (Wildman–Crippen LogP) is 3.34.